The molecule has 0 fully saturated rings. The maximum Gasteiger partial charge on any atom is 0.243 e. The molecule has 0 aromatic heterocycles. The van der Waals surface area contributed by atoms with Crippen molar-refractivity contribution in [3.05, 3.63) is 0 Å². The zero-order valence-electron chi connectivity index (χ0n) is 6.47. The molecule has 0 saturated carbocycles. The summed E-state index contributed by atoms with van der Waals surface area (Å²) in [5, 5.41) is 35.2. The summed E-state index contributed by atoms with van der Waals surface area (Å²) in [5.41, 5.74) is 0. The highest BCUT2D eigenvalue weighted by atomic mass is 127. The first-order valence-electron chi connectivity index (χ1n) is 3.36. The molecule has 0 saturated heterocycles. The lowest BCUT2D eigenvalue weighted by atomic mass is 10.1. The molecule has 13 heavy (non-hydrogen) atoms. The minimum Gasteiger partial charge on any atom is -0.394 e. The molecule has 0 spiro atoms. The van der Waals surface area contributed by atoms with Gasteiger partial charge in [0.05, 0.1) is 6.61 Å². The van der Waals surface area contributed by atoms with Gasteiger partial charge in [0.1, 0.15) is 18.3 Å². The molecule has 0 aromatic carbocycles. The lowest BCUT2D eigenvalue weighted by Crippen LogP contribution is -2.49. The fourth-order valence-electron chi connectivity index (χ4n) is 0.616. The zero-order valence-corrected chi connectivity index (χ0v) is 8.63. The van der Waals surface area contributed by atoms with Gasteiger partial charge in [-0.05, 0) is 22.6 Å². The summed E-state index contributed by atoms with van der Waals surface area (Å²) >= 11 is 0.993. The van der Waals surface area contributed by atoms with E-state index in [1.165, 1.54) is 0 Å². The van der Waals surface area contributed by atoms with Crippen molar-refractivity contribution >= 4 is 28.9 Å². The van der Waals surface area contributed by atoms with E-state index in [2.05, 4.69) is 0 Å². The van der Waals surface area contributed by atoms with Gasteiger partial charge in [0.2, 0.25) is 3.68 Å². The van der Waals surface area contributed by atoms with Crippen LogP contribution in [0.25, 0.3) is 0 Å². The van der Waals surface area contributed by atoms with E-state index in [4.69, 9.17) is 20.4 Å². The fourth-order valence-corrected chi connectivity index (χ4v) is 0.984. The van der Waals surface area contributed by atoms with Crippen LogP contribution in [-0.4, -0.2) is 55.3 Å². The van der Waals surface area contributed by atoms with Crippen LogP contribution in [0.1, 0.15) is 0 Å². The van der Waals surface area contributed by atoms with Gasteiger partial charge in [0.15, 0.2) is 6.29 Å². The molecule has 0 rings (SSSR count). The second-order valence-corrected chi connectivity index (χ2v) is 4.13. The number of aliphatic hydroxyl groups is 4. The quantitative estimate of drug-likeness (QED) is 0.277. The smallest absolute Gasteiger partial charge is 0.243 e. The third-order valence-corrected chi connectivity index (χ3v) is 2.35. The summed E-state index contributed by atoms with van der Waals surface area (Å²) in [7, 11) is 0. The van der Waals surface area contributed by atoms with Gasteiger partial charge >= 0.3 is 0 Å². The predicted octanol–water partition coefficient (Wildman–Crippen LogP) is -1.64. The van der Waals surface area contributed by atoms with Crippen molar-refractivity contribution in [2.75, 3.05) is 6.61 Å². The Bertz CT molecular complexity index is 176. The lowest BCUT2D eigenvalue weighted by molar-refractivity contribution is -0.129. The molecule has 4 atom stereocenters. The van der Waals surface area contributed by atoms with Gasteiger partial charge in [0, 0.05) is 0 Å². The maximum atomic E-state index is 13.0. The molecular formula is C6H10FIO5. The molecule has 0 amide bonds. The highest BCUT2D eigenvalue weighted by molar-refractivity contribution is 14.1. The second kappa shape index (κ2) is 5.15. The van der Waals surface area contributed by atoms with E-state index in [0.29, 0.717) is 0 Å². The predicted molar refractivity (Wildman–Crippen MR) is 49.0 cm³/mol. The van der Waals surface area contributed by atoms with E-state index < -0.39 is 28.6 Å². The van der Waals surface area contributed by atoms with Crippen LogP contribution in [-0.2, 0) is 4.79 Å². The number of rotatable bonds is 5. The van der Waals surface area contributed by atoms with Gasteiger partial charge in [-0.15, -0.1) is 0 Å². The standard InChI is InChI=1S/C6H10FIO5/c7-6(8,2-10)5(13)4(12)3(11)1-9/h2-5,9,11-13H,1H2/t3-,4-,5+,6?/m1/s1. The number of hydrogen-bond acceptors (Lipinski definition) is 5. The number of hydrogen-bond donors (Lipinski definition) is 4. The molecule has 0 aliphatic heterocycles. The first kappa shape index (κ1) is 13.2. The summed E-state index contributed by atoms with van der Waals surface area (Å²) in [5.74, 6) is 0. The van der Waals surface area contributed by atoms with Crippen molar-refractivity contribution in [2.24, 2.45) is 0 Å². The third kappa shape index (κ3) is 3.43. The minimum absolute atomic E-state index is 0.189. The average molecular weight is 308 g/mol. The van der Waals surface area contributed by atoms with Crippen molar-refractivity contribution in [3.8, 4) is 0 Å². The van der Waals surface area contributed by atoms with Crippen LogP contribution in [0.15, 0.2) is 0 Å². The van der Waals surface area contributed by atoms with E-state index in [0.717, 1.165) is 22.6 Å². The monoisotopic (exact) mass is 308 g/mol. The average Bonchev–Trinajstić information content (AvgIpc) is 2.14. The second-order valence-electron chi connectivity index (χ2n) is 2.48. The summed E-state index contributed by atoms with van der Waals surface area (Å²) in [6, 6.07) is 0. The largest absolute Gasteiger partial charge is 0.394 e. The minimum atomic E-state index is -2.67. The van der Waals surface area contributed by atoms with Crippen LogP contribution in [0.5, 0.6) is 0 Å². The van der Waals surface area contributed by atoms with Crippen molar-refractivity contribution in [1.82, 2.24) is 0 Å². The van der Waals surface area contributed by atoms with Gasteiger partial charge < -0.3 is 20.4 Å². The molecular weight excluding hydrogens is 298 g/mol. The molecule has 7 heteroatoms. The number of carbonyl (C=O) groups is 1. The van der Waals surface area contributed by atoms with Crippen LogP contribution < -0.4 is 0 Å². The molecule has 4 N–H and O–H groups in total. The Morgan fingerprint density at radius 3 is 2.23 bits per heavy atom. The van der Waals surface area contributed by atoms with Crippen LogP contribution in [0.3, 0.4) is 0 Å². The molecule has 0 aliphatic carbocycles. The Balaban J connectivity index is 4.40. The Morgan fingerprint density at radius 2 is 1.92 bits per heavy atom. The van der Waals surface area contributed by atoms with Crippen LogP contribution in [0.2, 0.25) is 0 Å². The molecule has 0 heterocycles. The van der Waals surface area contributed by atoms with E-state index in [1.54, 1.807) is 0 Å². The van der Waals surface area contributed by atoms with Gasteiger partial charge in [0.25, 0.3) is 0 Å². The van der Waals surface area contributed by atoms with E-state index in [9.17, 15) is 9.18 Å². The van der Waals surface area contributed by atoms with Crippen molar-refractivity contribution in [2.45, 2.75) is 22.0 Å². The first-order valence-corrected chi connectivity index (χ1v) is 4.44. The molecule has 0 aliphatic rings. The maximum absolute atomic E-state index is 13.0. The Labute approximate surface area is 87.3 Å². The summed E-state index contributed by atoms with van der Waals surface area (Å²) in [6.45, 7) is -0.830. The van der Waals surface area contributed by atoms with Crippen molar-refractivity contribution in [1.29, 1.82) is 0 Å². The van der Waals surface area contributed by atoms with Gasteiger partial charge in [-0.25, -0.2) is 4.39 Å². The number of halogens is 2. The molecule has 0 bridgehead atoms. The van der Waals surface area contributed by atoms with Gasteiger partial charge in [-0.1, -0.05) is 0 Å². The van der Waals surface area contributed by atoms with Crippen molar-refractivity contribution in [3.63, 3.8) is 0 Å². The normalized spacial score (nSPS) is 22.9. The Kier molecular flexibility index (Phi) is 5.22. The summed E-state index contributed by atoms with van der Waals surface area (Å²) in [6.07, 6.45) is -5.85. The van der Waals surface area contributed by atoms with Crippen LogP contribution in [0.4, 0.5) is 4.39 Å². The number of alkyl halides is 2. The topological polar surface area (TPSA) is 98.0 Å². The zero-order chi connectivity index (χ0) is 10.6. The van der Waals surface area contributed by atoms with Crippen LogP contribution in [0, 0.1) is 0 Å². The SMILES string of the molecule is O=CC(F)(I)[C@@H](O)[C@H](O)[C@H](O)CO. The van der Waals surface area contributed by atoms with Crippen LogP contribution >= 0.6 is 22.6 Å². The highest BCUT2D eigenvalue weighted by Gasteiger charge is 2.42. The summed E-state index contributed by atoms with van der Waals surface area (Å²) < 4.78 is 10.3. The van der Waals surface area contributed by atoms with E-state index in [1.807, 2.05) is 0 Å². The lowest BCUT2D eigenvalue weighted by Gasteiger charge is -2.26. The van der Waals surface area contributed by atoms with Gasteiger partial charge in [-0.2, -0.15) is 0 Å². The Morgan fingerprint density at radius 1 is 1.46 bits per heavy atom. The fraction of sp³-hybridized carbons (Fsp3) is 0.833. The Hall–Kier alpha value is 0.170. The molecule has 5 nitrogen and oxygen atoms in total. The molecule has 0 radical (unpaired) electrons. The summed E-state index contributed by atoms with van der Waals surface area (Å²) in [4.78, 5) is 10.1. The highest BCUT2D eigenvalue weighted by Crippen LogP contribution is 2.25. The number of aldehydes is 1. The van der Waals surface area contributed by atoms with Gasteiger partial charge in [-0.3, -0.25) is 4.79 Å². The molecule has 0 aromatic rings. The van der Waals surface area contributed by atoms with E-state index >= 15 is 0 Å². The molecule has 78 valence electrons. The third-order valence-electron chi connectivity index (χ3n) is 1.46. The van der Waals surface area contributed by atoms with Crippen molar-refractivity contribution < 1.29 is 29.6 Å². The first-order chi connectivity index (χ1) is 5.86. The molecule has 1 unspecified atom stereocenters. The number of aliphatic hydroxyl groups excluding tert-OH is 4. The van der Waals surface area contributed by atoms with E-state index in [-0.39, 0.29) is 6.29 Å². The number of carbonyl (C=O) groups excluding carboxylic acids is 1.